The maximum Gasteiger partial charge on any atom is 0.227 e. The van der Waals surface area contributed by atoms with Crippen LogP contribution in [0.4, 0.5) is 0 Å². The molecule has 1 aromatic carbocycles. The van der Waals surface area contributed by atoms with Crippen molar-refractivity contribution in [2.75, 3.05) is 31.7 Å². The summed E-state index contributed by atoms with van der Waals surface area (Å²) in [5, 5.41) is 0. The van der Waals surface area contributed by atoms with Crippen molar-refractivity contribution in [3.63, 3.8) is 0 Å². The first-order valence-corrected chi connectivity index (χ1v) is 7.93. The second-order valence-corrected chi connectivity index (χ2v) is 6.86. The van der Waals surface area contributed by atoms with Crippen LogP contribution in [0.2, 0.25) is 0 Å². The number of carbonyl (C=O) groups is 1. The van der Waals surface area contributed by atoms with Gasteiger partial charge in [-0.2, -0.15) is 0 Å². The van der Waals surface area contributed by atoms with Crippen LogP contribution in [0.1, 0.15) is 5.56 Å². The fraction of sp³-hybridized carbons (Fsp3) is 0.462. The van der Waals surface area contributed by atoms with Gasteiger partial charge in [0.15, 0.2) is 9.84 Å². The molecule has 0 unspecified atom stereocenters. The number of hydrogen-bond acceptors (Lipinski definition) is 4. The van der Waals surface area contributed by atoms with Gasteiger partial charge in [-0.15, -0.1) is 0 Å². The van der Waals surface area contributed by atoms with Crippen LogP contribution in [0.3, 0.4) is 0 Å². The van der Waals surface area contributed by atoms with Crippen molar-refractivity contribution in [3.05, 3.63) is 29.8 Å². The third-order valence-corrected chi connectivity index (χ3v) is 4.82. The smallest absolute Gasteiger partial charge is 0.227 e. The lowest BCUT2D eigenvalue weighted by Gasteiger charge is -2.26. The Bertz CT molecular complexity index is 537. The molecule has 1 saturated heterocycles. The van der Waals surface area contributed by atoms with Gasteiger partial charge in [-0.25, -0.2) is 8.42 Å². The van der Waals surface area contributed by atoms with Crippen LogP contribution < -0.4 is 4.74 Å². The zero-order valence-corrected chi connectivity index (χ0v) is 11.6. The summed E-state index contributed by atoms with van der Waals surface area (Å²) in [6.45, 7) is 0.606. The molecule has 1 amide bonds. The summed E-state index contributed by atoms with van der Waals surface area (Å²) in [6.07, 6.45) is 0.296. The van der Waals surface area contributed by atoms with E-state index in [4.69, 9.17) is 4.74 Å². The van der Waals surface area contributed by atoms with Crippen LogP contribution in [0.15, 0.2) is 24.3 Å². The summed E-state index contributed by atoms with van der Waals surface area (Å²) in [5.74, 6) is 0.864. The highest BCUT2D eigenvalue weighted by Crippen LogP contribution is 2.13. The minimum Gasteiger partial charge on any atom is -0.497 e. The first-order chi connectivity index (χ1) is 9.00. The first kappa shape index (κ1) is 13.9. The van der Waals surface area contributed by atoms with E-state index in [1.807, 2.05) is 24.3 Å². The molecule has 6 heteroatoms. The molecule has 2 rings (SSSR count). The Morgan fingerprint density at radius 3 is 2.32 bits per heavy atom. The average molecular weight is 283 g/mol. The van der Waals surface area contributed by atoms with E-state index in [9.17, 15) is 13.2 Å². The number of hydrogen-bond donors (Lipinski definition) is 0. The third kappa shape index (κ3) is 3.70. The monoisotopic (exact) mass is 283 g/mol. The quantitative estimate of drug-likeness (QED) is 0.810. The molecular formula is C13H17NO4S. The van der Waals surface area contributed by atoms with Crippen molar-refractivity contribution < 1.29 is 17.9 Å². The molecule has 1 aliphatic heterocycles. The van der Waals surface area contributed by atoms with Gasteiger partial charge in [0.2, 0.25) is 5.91 Å². The Morgan fingerprint density at radius 2 is 1.79 bits per heavy atom. The number of nitrogens with zero attached hydrogens (tertiary/aromatic N) is 1. The van der Waals surface area contributed by atoms with Gasteiger partial charge in [-0.1, -0.05) is 12.1 Å². The van der Waals surface area contributed by atoms with E-state index < -0.39 is 9.84 Å². The van der Waals surface area contributed by atoms with E-state index in [0.717, 1.165) is 11.3 Å². The van der Waals surface area contributed by atoms with Crippen molar-refractivity contribution in [2.45, 2.75) is 6.42 Å². The minimum absolute atomic E-state index is 0.0277. The summed E-state index contributed by atoms with van der Waals surface area (Å²) in [6, 6.07) is 7.31. The number of rotatable bonds is 3. The van der Waals surface area contributed by atoms with Gasteiger partial charge in [-0.05, 0) is 17.7 Å². The van der Waals surface area contributed by atoms with Crippen molar-refractivity contribution in [1.82, 2.24) is 4.90 Å². The van der Waals surface area contributed by atoms with Gasteiger partial charge in [0, 0.05) is 13.1 Å². The number of sulfone groups is 1. The Balaban J connectivity index is 1.94. The highest BCUT2D eigenvalue weighted by molar-refractivity contribution is 7.91. The molecule has 0 radical (unpaired) electrons. The van der Waals surface area contributed by atoms with Crippen LogP contribution in [0, 0.1) is 0 Å². The predicted octanol–water partition coefficient (Wildman–Crippen LogP) is 0.495. The summed E-state index contributed by atoms with van der Waals surface area (Å²) < 4.78 is 27.6. The Labute approximate surface area is 113 Å². The highest BCUT2D eigenvalue weighted by Gasteiger charge is 2.24. The van der Waals surface area contributed by atoms with E-state index in [1.165, 1.54) is 0 Å². The number of methoxy groups -OCH3 is 1. The number of ether oxygens (including phenoxy) is 1. The van der Waals surface area contributed by atoms with E-state index in [1.54, 1.807) is 12.0 Å². The van der Waals surface area contributed by atoms with Gasteiger partial charge >= 0.3 is 0 Å². The van der Waals surface area contributed by atoms with Gasteiger partial charge < -0.3 is 9.64 Å². The van der Waals surface area contributed by atoms with E-state index in [2.05, 4.69) is 0 Å². The lowest BCUT2D eigenvalue weighted by atomic mass is 10.1. The Morgan fingerprint density at radius 1 is 1.21 bits per heavy atom. The largest absolute Gasteiger partial charge is 0.497 e. The van der Waals surface area contributed by atoms with Crippen molar-refractivity contribution in [1.29, 1.82) is 0 Å². The molecule has 0 bridgehead atoms. The predicted molar refractivity (Wildman–Crippen MR) is 71.9 cm³/mol. The van der Waals surface area contributed by atoms with Gasteiger partial charge in [-0.3, -0.25) is 4.79 Å². The SMILES string of the molecule is COc1ccc(CC(=O)N2CCS(=O)(=O)CC2)cc1. The molecule has 0 spiro atoms. The standard InChI is InChI=1S/C13H17NO4S/c1-18-12-4-2-11(3-5-12)10-13(15)14-6-8-19(16,17)9-7-14/h2-5H,6-10H2,1H3. The van der Waals surface area contributed by atoms with Crippen molar-refractivity contribution >= 4 is 15.7 Å². The zero-order chi connectivity index (χ0) is 13.9. The topological polar surface area (TPSA) is 63.7 Å². The molecule has 104 valence electrons. The molecule has 19 heavy (non-hydrogen) atoms. The molecule has 5 nitrogen and oxygen atoms in total. The van der Waals surface area contributed by atoms with Crippen LogP contribution in [0.25, 0.3) is 0 Å². The fourth-order valence-electron chi connectivity index (χ4n) is 1.99. The summed E-state index contributed by atoms with van der Waals surface area (Å²) in [7, 11) is -1.35. The maximum absolute atomic E-state index is 12.0. The van der Waals surface area contributed by atoms with Crippen molar-refractivity contribution in [3.8, 4) is 5.75 Å². The summed E-state index contributed by atoms with van der Waals surface area (Å²) >= 11 is 0. The third-order valence-electron chi connectivity index (χ3n) is 3.21. The summed E-state index contributed by atoms with van der Waals surface area (Å²) in [5.41, 5.74) is 0.902. The van der Waals surface area contributed by atoms with Gasteiger partial charge in [0.05, 0.1) is 25.0 Å². The normalized spacial score (nSPS) is 18.1. The van der Waals surface area contributed by atoms with Gasteiger partial charge in [0.25, 0.3) is 0 Å². The molecule has 0 N–H and O–H groups in total. The minimum atomic E-state index is -2.94. The van der Waals surface area contributed by atoms with Crippen LogP contribution in [0.5, 0.6) is 5.75 Å². The lowest BCUT2D eigenvalue weighted by Crippen LogP contribution is -2.44. The highest BCUT2D eigenvalue weighted by atomic mass is 32.2. The van der Waals surface area contributed by atoms with Crippen LogP contribution in [-0.2, 0) is 21.1 Å². The molecule has 1 aromatic rings. The van der Waals surface area contributed by atoms with E-state index in [0.29, 0.717) is 19.5 Å². The zero-order valence-electron chi connectivity index (χ0n) is 10.8. The first-order valence-electron chi connectivity index (χ1n) is 6.11. The number of amides is 1. The Hall–Kier alpha value is -1.56. The number of benzene rings is 1. The second-order valence-electron chi connectivity index (χ2n) is 4.56. The van der Waals surface area contributed by atoms with Gasteiger partial charge in [0.1, 0.15) is 5.75 Å². The molecule has 0 aliphatic carbocycles. The molecule has 0 aromatic heterocycles. The van der Waals surface area contributed by atoms with E-state index in [-0.39, 0.29) is 17.4 Å². The molecule has 1 fully saturated rings. The molecular weight excluding hydrogens is 266 g/mol. The van der Waals surface area contributed by atoms with Crippen LogP contribution in [-0.4, -0.2) is 50.9 Å². The lowest BCUT2D eigenvalue weighted by molar-refractivity contribution is -0.130. The van der Waals surface area contributed by atoms with E-state index >= 15 is 0 Å². The Kier molecular flexibility index (Phi) is 4.09. The molecule has 1 heterocycles. The molecule has 1 aliphatic rings. The van der Waals surface area contributed by atoms with Crippen LogP contribution >= 0.6 is 0 Å². The second kappa shape index (κ2) is 5.61. The maximum atomic E-state index is 12.0. The van der Waals surface area contributed by atoms with Crippen molar-refractivity contribution in [2.24, 2.45) is 0 Å². The average Bonchev–Trinajstić information content (AvgIpc) is 2.39. The fourth-order valence-corrected chi connectivity index (χ4v) is 3.19. The number of carbonyl (C=O) groups excluding carboxylic acids is 1. The molecule has 0 atom stereocenters. The summed E-state index contributed by atoms with van der Waals surface area (Å²) in [4.78, 5) is 13.6. The molecule has 0 saturated carbocycles.